The monoisotopic (exact) mass is 530 g/mol. The molecule has 12 heteroatoms. The van der Waals surface area contributed by atoms with Gasteiger partial charge in [0.25, 0.3) is 5.72 Å². The van der Waals surface area contributed by atoms with Crippen LogP contribution in [0.1, 0.15) is 28.1 Å². The number of Topliss-reactive ketones (excluding diaryl/α,β-unsaturated/α-hetero) is 1. The van der Waals surface area contributed by atoms with E-state index in [2.05, 4.69) is 4.99 Å². The fourth-order valence-corrected chi connectivity index (χ4v) is 5.66. The van der Waals surface area contributed by atoms with Crippen LogP contribution in [0.3, 0.4) is 0 Å². The molecular formula is C22H18ClF3N2O4S2. The van der Waals surface area contributed by atoms with Gasteiger partial charge in [0.2, 0.25) is 0 Å². The first kappa shape index (κ1) is 26.2. The Kier molecular flexibility index (Phi) is 8.08. The second-order valence-electron chi connectivity index (χ2n) is 7.24. The van der Waals surface area contributed by atoms with Crippen molar-refractivity contribution in [1.29, 1.82) is 5.26 Å². The molecule has 1 aliphatic heterocycles. The minimum atomic E-state index is -5.37. The zero-order valence-electron chi connectivity index (χ0n) is 17.6. The van der Waals surface area contributed by atoms with Gasteiger partial charge >= 0.3 is 12.1 Å². The first-order chi connectivity index (χ1) is 16.0. The molecule has 2 aromatic rings. The average Bonchev–Trinajstić information content (AvgIpc) is 3.32. The molecule has 0 spiro atoms. The predicted molar refractivity (Wildman–Crippen MR) is 123 cm³/mol. The number of halogens is 4. The third-order valence-electron chi connectivity index (χ3n) is 5.21. The lowest BCUT2D eigenvalue weighted by Crippen LogP contribution is -2.59. The maximum absolute atomic E-state index is 14.4. The topological polar surface area (TPSA) is 99.8 Å². The predicted octanol–water partition coefficient (Wildman–Crippen LogP) is 5.08. The quantitative estimate of drug-likeness (QED) is 0.413. The molecule has 1 aromatic carbocycles. The number of ether oxygens (including phenoxy) is 1. The van der Waals surface area contributed by atoms with Crippen LogP contribution in [0.5, 0.6) is 0 Å². The molecule has 2 heterocycles. The van der Waals surface area contributed by atoms with Gasteiger partial charge in [0, 0.05) is 10.9 Å². The second-order valence-corrected chi connectivity index (χ2v) is 9.59. The Morgan fingerprint density at radius 2 is 2.03 bits per heavy atom. The van der Waals surface area contributed by atoms with Gasteiger partial charge in [-0.25, -0.2) is 4.99 Å². The number of nitriles is 1. The van der Waals surface area contributed by atoms with Crippen molar-refractivity contribution in [3.63, 3.8) is 0 Å². The lowest BCUT2D eigenvalue weighted by Gasteiger charge is -2.44. The zero-order valence-corrected chi connectivity index (χ0v) is 20.0. The number of hydrogen-bond acceptors (Lipinski definition) is 8. The summed E-state index contributed by atoms with van der Waals surface area (Å²) < 4.78 is 47.9. The van der Waals surface area contributed by atoms with Crippen LogP contribution in [-0.4, -0.2) is 46.2 Å². The van der Waals surface area contributed by atoms with E-state index in [9.17, 15) is 33.1 Å². The number of ketones is 1. The molecule has 180 valence electrons. The van der Waals surface area contributed by atoms with E-state index in [-0.39, 0.29) is 22.1 Å². The summed E-state index contributed by atoms with van der Waals surface area (Å²) >= 11 is 7.76. The standard InChI is InChI=1S/C22H18ClF3N2O4S2/c1-2-32-16(29)11-34-20-13(10-27)17(12-6-3-4-7-14(12)23)18(19(30)15-8-5-9-33-15)21(31,28-20)22(24,25)26/h3-9,13,17-18,31H,2,11H2,1H3/t13?,17-,18-,21+/m1/s1. The van der Waals surface area contributed by atoms with Gasteiger partial charge in [-0.2, -0.15) is 18.4 Å². The molecule has 34 heavy (non-hydrogen) atoms. The molecule has 1 unspecified atom stereocenters. The number of thioether (sulfide) groups is 1. The number of alkyl halides is 3. The molecule has 1 N–H and O–H groups in total. The summed E-state index contributed by atoms with van der Waals surface area (Å²) in [5, 5.41) is 22.1. The number of rotatable bonds is 6. The number of esters is 1. The van der Waals surface area contributed by atoms with E-state index in [4.69, 9.17) is 16.3 Å². The Morgan fingerprint density at radius 1 is 1.32 bits per heavy atom. The molecule has 0 fully saturated rings. The SMILES string of the molecule is CCOC(=O)CSC1=N[C@@](O)(C(F)(F)F)[C@@H](C(=O)c2cccs2)[C@H](c2ccccc2Cl)C1C#N. The van der Waals surface area contributed by atoms with E-state index in [0.717, 1.165) is 11.3 Å². The second kappa shape index (κ2) is 10.5. The van der Waals surface area contributed by atoms with E-state index in [0.29, 0.717) is 11.8 Å². The van der Waals surface area contributed by atoms with Crippen molar-refractivity contribution in [2.24, 2.45) is 16.8 Å². The first-order valence-electron chi connectivity index (χ1n) is 9.94. The molecule has 0 aliphatic carbocycles. The van der Waals surface area contributed by atoms with Crippen molar-refractivity contribution in [1.82, 2.24) is 0 Å². The molecule has 0 radical (unpaired) electrons. The minimum Gasteiger partial charge on any atom is -0.465 e. The lowest BCUT2D eigenvalue weighted by atomic mass is 9.68. The summed E-state index contributed by atoms with van der Waals surface area (Å²) in [5.41, 5.74) is -3.78. The molecule has 0 saturated carbocycles. The summed E-state index contributed by atoms with van der Waals surface area (Å²) in [5.74, 6) is -7.26. The fraction of sp³-hybridized carbons (Fsp3) is 0.364. The van der Waals surface area contributed by atoms with Crippen LogP contribution in [-0.2, 0) is 9.53 Å². The zero-order chi connectivity index (χ0) is 25.1. The van der Waals surface area contributed by atoms with Gasteiger partial charge in [-0.15, -0.1) is 11.3 Å². The van der Waals surface area contributed by atoms with Gasteiger partial charge in [0.15, 0.2) is 5.78 Å². The van der Waals surface area contributed by atoms with Gasteiger partial charge < -0.3 is 9.84 Å². The highest BCUT2D eigenvalue weighted by molar-refractivity contribution is 8.14. The maximum Gasteiger partial charge on any atom is 0.439 e. The van der Waals surface area contributed by atoms with Crippen LogP contribution in [0, 0.1) is 23.2 Å². The smallest absolute Gasteiger partial charge is 0.439 e. The van der Waals surface area contributed by atoms with Crippen molar-refractivity contribution in [3.8, 4) is 6.07 Å². The number of aliphatic imine (C=N–C) groups is 1. The van der Waals surface area contributed by atoms with Crippen LogP contribution < -0.4 is 0 Å². The first-order valence-corrected chi connectivity index (χ1v) is 12.2. The summed E-state index contributed by atoms with van der Waals surface area (Å²) in [6, 6.07) is 10.6. The number of aliphatic hydroxyl groups is 1. The van der Waals surface area contributed by atoms with E-state index >= 15 is 0 Å². The molecule has 3 rings (SSSR count). The number of thiophene rings is 1. The van der Waals surface area contributed by atoms with E-state index < -0.39 is 52.2 Å². The minimum absolute atomic E-state index is 0.0258. The molecule has 0 amide bonds. The van der Waals surface area contributed by atoms with Crippen molar-refractivity contribution in [2.75, 3.05) is 12.4 Å². The number of benzene rings is 1. The van der Waals surface area contributed by atoms with Crippen LogP contribution in [0.15, 0.2) is 46.8 Å². The molecular weight excluding hydrogens is 513 g/mol. The Hall–Kier alpha value is -2.39. The van der Waals surface area contributed by atoms with Crippen LogP contribution in [0.2, 0.25) is 5.02 Å². The van der Waals surface area contributed by atoms with Crippen molar-refractivity contribution >= 4 is 51.5 Å². The summed E-state index contributed by atoms with van der Waals surface area (Å²) in [6.07, 6.45) is -5.37. The third kappa shape index (κ3) is 5.00. The van der Waals surface area contributed by atoms with Gasteiger partial charge in [-0.3, -0.25) is 9.59 Å². The normalized spacial score (nSPS) is 24.7. The summed E-state index contributed by atoms with van der Waals surface area (Å²) in [7, 11) is 0. The highest BCUT2D eigenvalue weighted by Gasteiger charge is 2.67. The molecule has 0 bridgehead atoms. The van der Waals surface area contributed by atoms with E-state index in [1.54, 1.807) is 13.0 Å². The van der Waals surface area contributed by atoms with Crippen molar-refractivity contribution in [3.05, 3.63) is 57.2 Å². The van der Waals surface area contributed by atoms with Crippen LogP contribution in [0.25, 0.3) is 0 Å². The van der Waals surface area contributed by atoms with Gasteiger partial charge in [-0.1, -0.05) is 47.6 Å². The van der Waals surface area contributed by atoms with Crippen molar-refractivity contribution in [2.45, 2.75) is 24.7 Å². The number of nitrogens with zero attached hydrogens (tertiary/aromatic N) is 2. The fourth-order valence-electron chi connectivity index (χ4n) is 3.76. The number of hydrogen-bond donors (Lipinski definition) is 1. The summed E-state index contributed by atoms with van der Waals surface area (Å²) in [4.78, 5) is 28.7. The van der Waals surface area contributed by atoms with E-state index in [1.807, 2.05) is 6.07 Å². The van der Waals surface area contributed by atoms with Gasteiger partial charge in [0.1, 0.15) is 5.92 Å². The number of carbonyl (C=O) groups excluding carboxylic acids is 2. The molecule has 1 aromatic heterocycles. The van der Waals surface area contributed by atoms with Crippen LogP contribution >= 0.6 is 34.7 Å². The molecule has 6 nitrogen and oxygen atoms in total. The Morgan fingerprint density at radius 3 is 2.59 bits per heavy atom. The lowest BCUT2D eigenvalue weighted by molar-refractivity contribution is -0.274. The average molecular weight is 531 g/mol. The Labute approximate surface area is 206 Å². The molecule has 1 aliphatic rings. The highest BCUT2D eigenvalue weighted by Crippen LogP contribution is 2.53. The highest BCUT2D eigenvalue weighted by atomic mass is 35.5. The Bertz CT molecular complexity index is 1130. The third-order valence-corrected chi connectivity index (χ3v) is 7.46. The largest absolute Gasteiger partial charge is 0.465 e. The molecule has 0 saturated heterocycles. The maximum atomic E-state index is 14.4. The molecule has 4 atom stereocenters. The van der Waals surface area contributed by atoms with Gasteiger partial charge in [-0.05, 0) is 30.0 Å². The summed E-state index contributed by atoms with van der Waals surface area (Å²) in [6.45, 7) is 1.62. The van der Waals surface area contributed by atoms with Crippen LogP contribution in [0.4, 0.5) is 13.2 Å². The number of carbonyl (C=O) groups is 2. The Balaban J connectivity index is 2.25. The van der Waals surface area contributed by atoms with Crippen molar-refractivity contribution < 1.29 is 32.6 Å². The van der Waals surface area contributed by atoms with E-state index in [1.165, 1.54) is 35.7 Å². The van der Waals surface area contributed by atoms with Gasteiger partial charge in [0.05, 0.1) is 34.3 Å².